The SMILES string of the molecule is Cc1nnc2n1-c1ccc(-c3cnn(CCOCCN(C)c4cccc5c4C(=O)N(C4CCC(=O)NC4=O)C5=O)c3)cc1C(c1ccc(Cl)cc1)=NC21CC1. The van der Waals surface area contributed by atoms with Crippen LogP contribution >= 0.6 is 11.6 Å². The number of nitrogens with zero attached hydrogens (tertiary/aromatic N) is 8. The van der Waals surface area contributed by atoms with E-state index in [-0.39, 0.29) is 24.0 Å². The molecule has 2 aromatic heterocycles. The highest BCUT2D eigenvalue weighted by molar-refractivity contribution is 6.30. The minimum atomic E-state index is -1.02. The van der Waals surface area contributed by atoms with Crippen molar-refractivity contribution in [2.45, 2.75) is 50.7 Å². The number of nitrogens with one attached hydrogen (secondary N) is 1. The fourth-order valence-electron chi connectivity index (χ4n) is 7.69. The summed E-state index contributed by atoms with van der Waals surface area (Å²) in [6.45, 7) is 3.70. The third-order valence-corrected chi connectivity index (χ3v) is 11.0. The van der Waals surface area contributed by atoms with Gasteiger partial charge < -0.3 is 9.64 Å². The predicted octanol–water partition coefficient (Wildman–Crippen LogP) is 4.49. The Morgan fingerprint density at radius 2 is 1.75 bits per heavy atom. The highest BCUT2D eigenvalue weighted by atomic mass is 35.5. The number of imide groups is 2. The number of anilines is 1. The van der Waals surface area contributed by atoms with Gasteiger partial charge in [-0.1, -0.05) is 35.9 Å². The minimum Gasteiger partial charge on any atom is -0.378 e. The standard InChI is InChI=1S/C40H36ClN9O5/c1-23-45-46-39-40(14-15-40)44-35(24-6-9-27(41)10-7-24)29-20-25(8-11-30(29)49(23)39)26-21-42-48(22-26)17-19-55-18-16-47(2)31-5-3-4-28-34(31)38(54)50(37(28)53)32-12-13-33(51)43-36(32)52/h3-11,20-22,32H,12-19H2,1-2H3,(H,43,51,52). The van der Waals surface area contributed by atoms with Gasteiger partial charge in [-0.2, -0.15) is 5.10 Å². The van der Waals surface area contributed by atoms with Crippen LogP contribution in [0.1, 0.15) is 69.2 Å². The van der Waals surface area contributed by atoms with Gasteiger partial charge in [0.05, 0.1) is 54.2 Å². The highest BCUT2D eigenvalue weighted by Gasteiger charge is 2.51. The molecule has 278 valence electrons. The van der Waals surface area contributed by atoms with Gasteiger partial charge in [-0.15, -0.1) is 10.2 Å². The molecule has 1 spiro atoms. The number of hydrogen-bond acceptors (Lipinski definition) is 10. The van der Waals surface area contributed by atoms with E-state index in [0.717, 1.165) is 63.0 Å². The van der Waals surface area contributed by atoms with Crippen LogP contribution in [0.4, 0.5) is 5.69 Å². The van der Waals surface area contributed by atoms with Gasteiger partial charge in [-0.25, -0.2) is 0 Å². The number of amides is 4. The van der Waals surface area contributed by atoms with Crippen LogP contribution < -0.4 is 10.2 Å². The molecule has 3 aromatic carbocycles. The molecule has 15 heteroatoms. The maximum absolute atomic E-state index is 13.5. The van der Waals surface area contributed by atoms with E-state index < -0.39 is 35.2 Å². The first kappa shape index (κ1) is 34.8. The lowest BCUT2D eigenvalue weighted by Gasteiger charge is -2.28. The lowest BCUT2D eigenvalue weighted by Crippen LogP contribution is -2.54. The van der Waals surface area contributed by atoms with Crippen LogP contribution in [0.5, 0.6) is 0 Å². The zero-order chi connectivity index (χ0) is 38.0. The van der Waals surface area contributed by atoms with Gasteiger partial charge in [0.25, 0.3) is 11.8 Å². The van der Waals surface area contributed by atoms with E-state index in [1.54, 1.807) is 18.2 Å². The molecule has 4 aliphatic rings. The Balaban J connectivity index is 0.867. The third kappa shape index (κ3) is 6.01. The second kappa shape index (κ2) is 13.4. The van der Waals surface area contributed by atoms with Crippen LogP contribution in [0.25, 0.3) is 16.8 Å². The van der Waals surface area contributed by atoms with Crippen LogP contribution in [-0.4, -0.2) is 91.6 Å². The summed E-state index contributed by atoms with van der Waals surface area (Å²) in [4.78, 5) is 59.1. The molecular weight excluding hydrogens is 722 g/mol. The molecule has 3 aliphatic heterocycles. The zero-order valence-electron chi connectivity index (χ0n) is 30.2. The van der Waals surface area contributed by atoms with E-state index in [1.807, 2.05) is 60.2 Å². The maximum Gasteiger partial charge on any atom is 0.264 e. The number of piperidine rings is 1. The fourth-order valence-corrected chi connectivity index (χ4v) is 7.82. The second-order valence-corrected chi connectivity index (χ2v) is 14.7. The van der Waals surface area contributed by atoms with Crippen molar-refractivity contribution in [2.24, 2.45) is 4.99 Å². The molecule has 5 heterocycles. The average molecular weight is 758 g/mol. The Labute approximate surface area is 320 Å². The summed E-state index contributed by atoms with van der Waals surface area (Å²) >= 11 is 6.27. The number of fused-ring (bicyclic) bond motifs is 5. The summed E-state index contributed by atoms with van der Waals surface area (Å²) in [6.07, 6.45) is 5.83. The molecule has 1 saturated carbocycles. The van der Waals surface area contributed by atoms with Crippen molar-refractivity contribution in [2.75, 3.05) is 31.7 Å². The summed E-state index contributed by atoms with van der Waals surface area (Å²) in [5, 5.41) is 16.5. The van der Waals surface area contributed by atoms with E-state index in [0.29, 0.717) is 37.0 Å². The lowest BCUT2D eigenvalue weighted by atomic mass is 9.96. The van der Waals surface area contributed by atoms with Crippen LogP contribution in [0.15, 0.2) is 78.0 Å². The monoisotopic (exact) mass is 757 g/mol. The first-order chi connectivity index (χ1) is 26.6. The number of benzene rings is 3. The van der Waals surface area contributed by atoms with Gasteiger partial charge in [-0.05, 0) is 68.1 Å². The second-order valence-electron chi connectivity index (χ2n) is 14.3. The smallest absolute Gasteiger partial charge is 0.264 e. The number of aromatic nitrogens is 5. The first-order valence-corrected chi connectivity index (χ1v) is 18.6. The maximum atomic E-state index is 13.5. The van der Waals surface area contributed by atoms with Crippen molar-refractivity contribution in [3.63, 3.8) is 0 Å². The van der Waals surface area contributed by atoms with Crippen molar-refractivity contribution in [3.8, 4) is 16.8 Å². The van der Waals surface area contributed by atoms with Crippen molar-refractivity contribution >= 4 is 46.6 Å². The molecule has 0 radical (unpaired) electrons. The average Bonchev–Trinajstić information content (AvgIpc) is 3.53. The Bertz CT molecular complexity index is 2450. The van der Waals surface area contributed by atoms with E-state index >= 15 is 0 Å². The molecule has 1 unspecified atom stereocenters. The van der Waals surface area contributed by atoms with Crippen LogP contribution in [0, 0.1) is 6.92 Å². The first-order valence-electron chi connectivity index (χ1n) is 18.2. The molecule has 14 nitrogen and oxygen atoms in total. The Kier molecular flexibility index (Phi) is 8.46. The Morgan fingerprint density at radius 3 is 2.53 bits per heavy atom. The molecule has 55 heavy (non-hydrogen) atoms. The number of carbonyl (C=O) groups is 4. The van der Waals surface area contributed by atoms with Gasteiger partial charge in [0, 0.05) is 47.9 Å². The number of hydrogen-bond donors (Lipinski definition) is 1. The number of aliphatic imine (C=N–C) groups is 1. The van der Waals surface area contributed by atoms with E-state index in [1.165, 1.54) is 0 Å². The summed E-state index contributed by atoms with van der Waals surface area (Å²) in [5.74, 6) is -0.441. The van der Waals surface area contributed by atoms with E-state index in [2.05, 4.69) is 43.4 Å². The van der Waals surface area contributed by atoms with Crippen molar-refractivity contribution < 1.29 is 23.9 Å². The van der Waals surface area contributed by atoms with Gasteiger partial charge in [-0.3, -0.25) is 43.6 Å². The Hall–Kier alpha value is -5.99. The van der Waals surface area contributed by atoms with Crippen molar-refractivity contribution in [1.82, 2.24) is 34.8 Å². The van der Waals surface area contributed by atoms with Crippen molar-refractivity contribution in [1.29, 1.82) is 0 Å². The molecular formula is C40H36ClN9O5. The number of carbonyl (C=O) groups excluding carboxylic acids is 4. The fraction of sp³-hybridized carbons (Fsp3) is 0.300. The lowest BCUT2D eigenvalue weighted by molar-refractivity contribution is -0.136. The predicted molar refractivity (Wildman–Crippen MR) is 203 cm³/mol. The Morgan fingerprint density at radius 1 is 0.945 bits per heavy atom. The van der Waals surface area contributed by atoms with Crippen LogP contribution in [-0.2, 0) is 26.4 Å². The molecule has 5 aromatic rings. The van der Waals surface area contributed by atoms with Crippen LogP contribution in [0.2, 0.25) is 5.02 Å². The largest absolute Gasteiger partial charge is 0.378 e. The highest BCUT2D eigenvalue weighted by Crippen LogP contribution is 2.52. The molecule has 1 aliphatic carbocycles. The molecule has 0 bridgehead atoms. The van der Waals surface area contributed by atoms with E-state index in [4.69, 9.17) is 21.3 Å². The summed E-state index contributed by atoms with van der Waals surface area (Å²) < 4.78 is 9.96. The van der Waals surface area contributed by atoms with Gasteiger partial charge in [0.1, 0.15) is 17.4 Å². The molecule has 1 atom stereocenters. The zero-order valence-corrected chi connectivity index (χ0v) is 30.9. The summed E-state index contributed by atoms with van der Waals surface area (Å²) in [7, 11) is 1.82. The number of ether oxygens (including phenoxy) is 1. The van der Waals surface area contributed by atoms with Gasteiger partial charge in [0.2, 0.25) is 11.8 Å². The topological polar surface area (TPSA) is 157 Å². The number of rotatable bonds is 10. The minimum absolute atomic E-state index is 0.0646. The van der Waals surface area contributed by atoms with Gasteiger partial charge in [0.15, 0.2) is 5.82 Å². The molecule has 2 fully saturated rings. The number of likely N-dealkylation sites (N-methyl/N-ethyl adjacent to an activating group) is 1. The molecule has 4 amide bonds. The molecule has 1 saturated heterocycles. The number of aryl methyl sites for hydroxylation is 1. The van der Waals surface area contributed by atoms with Crippen LogP contribution in [0.3, 0.4) is 0 Å². The third-order valence-electron chi connectivity index (χ3n) is 10.8. The summed E-state index contributed by atoms with van der Waals surface area (Å²) in [5.41, 5.74) is 6.43. The summed E-state index contributed by atoms with van der Waals surface area (Å²) in [6, 6.07) is 18.2. The normalized spacial score (nSPS) is 18.1. The van der Waals surface area contributed by atoms with Gasteiger partial charge >= 0.3 is 0 Å². The molecule has 9 rings (SSSR count). The number of halogens is 1. The quantitative estimate of drug-likeness (QED) is 0.160. The van der Waals surface area contributed by atoms with Crippen molar-refractivity contribution in [3.05, 3.63) is 112 Å². The molecule has 1 N–H and O–H groups in total. The van der Waals surface area contributed by atoms with E-state index in [9.17, 15) is 19.2 Å².